The number of anilines is 2. The van der Waals surface area contributed by atoms with Crippen molar-refractivity contribution in [1.82, 2.24) is 4.98 Å². The predicted octanol–water partition coefficient (Wildman–Crippen LogP) is 2.16. The third-order valence-corrected chi connectivity index (χ3v) is 3.34. The summed E-state index contributed by atoms with van der Waals surface area (Å²) in [4.78, 5) is 16.3. The first kappa shape index (κ1) is 12.5. The molecule has 3 rings (SSSR count). The van der Waals surface area contributed by atoms with Gasteiger partial charge in [0, 0.05) is 12.0 Å². The number of hydrogen-bond donors (Lipinski definition) is 2. The largest absolute Gasteiger partial charge is 0.493 e. The quantitative estimate of drug-likeness (QED) is 0.875. The zero-order valence-electron chi connectivity index (χ0n) is 11.1. The Balaban J connectivity index is 1.80. The molecule has 2 aromatic rings. The van der Waals surface area contributed by atoms with E-state index in [2.05, 4.69) is 10.3 Å². The third-order valence-electron chi connectivity index (χ3n) is 3.34. The van der Waals surface area contributed by atoms with E-state index in [1.54, 1.807) is 18.3 Å². The first-order chi connectivity index (χ1) is 9.63. The highest BCUT2D eigenvalue weighted by atomic mass is 16.5. The number of amides is 1. The number of carbonyl (C=O) groups is 1. The number of nitrogens with two attached hydrogens (primary N) is 1. The fourth-order valence-electron chi connectivity index (χ4n) is 2.15. The average Bonchev–Trinajstić information content (AvgIpc) is 2.90. The number of nitrogens with one attached hydrogen (secondary N) is 1. The lowest BCUT2D eigenvalue weighted by Gasteiger charge is -2.07. The second kappa shape index (κ2) is 4.85. The molecule has 1 aliphatic heterocycles. The number of nitrogens with zero attached hydrogens (tertiary/aromatic N) is 1. The fraction of sp³-hybridized carbons (Fsp3) is 0.200. The van der Waals surface area contributed by atoms with Gasteiger partial charge in [-0.3, -0.25) is 4.79 Å². The monoisotopic (exact) mass is 269 g/mol. The number of aryl methyl sites for hydroxylation is 1. The van der Waals surface area contributed by atoms with Crippen LogP contribution in [0.15, 0.2) is 30.5 Å². The Hall–Kier alpha value is -2.56. The van der Waals surface area contributed by atoms with Gasteiger partial charge in [0.25, 0.3) is 5.91 Å². The Bertz CT molecular complexity index is 683. The van der Waals surface area contributed by atoms with Crippen molar-refractivity contribution in [3.8, 4) is 5.75 Å². The number of pyridine rings is 1. The van der Waals surface area contributed by atoms with Gasteiger partial charge in [0.15, 0.2) is 0 Å². The molecule has 1 aromatic carbocycles. The SMILES string of the molecule is Cc1cc(NC(=O)c2ccc3c(c2)CCO3)ncc1N. The molecule has 0 atom stereocenters. The molecule has 0 unspecified atom stereocenters. The van der Waals surface area contributed by atoms with Crippen LogP contribution in [0, 0.1) is 6.92 Å². The van der Waals surface area contributed by atoms with E-state index < -0.39 is 0 Å². The fourth-order valence-corrected chi connectivity index (χ4v) is 2.15. The van der Waals surface area contributed by atoms with E-state index >= 15 is 0 Å². The van der Waals surface area contributed by atoms with Crippen molar-refractivity contribution >= 4 is 17.4 Å². The molecule has 102 valence electrons. The van der Waals surface area contributed by atoms with Crippen molar-refractivity contribution in [3.63, 3.8) is 0 Å². The molecular formula is C15H15N3O2. The van der Waals surface area contributed by atoms with Crippen molar-refractivity contribution in [2.24, 2.45) is 0 Å². The van der Waals surface area contributed by atoms with E-state index in [0.717, 1.165) is 23.3 Å². The number of benzene rings is 1. The summed E-state index contributed by atoms with van der Waals surface area (Å²) in [5.41, 5.74) is 8.87. The van der Waals surface area contributed by atoms with Crippen molar-refractivity contribution in [2.45, 2.75) is 13.3 Å². The normalized spacial score (nSPS) is 12.7. The summed E-state index contributed by atoms with van der Waals surface area (Å²) >= 11 is 0. The Kier molecular flexibility index (Phi) is 3.02. The molecule has 0 saturated carbocycles. The number of aromatic nitrogens is 1. The zero-order chi connectivity index (χ0) is 14.1. The first-order valence-electron chi connectivity index (χ1n) is 6.43. The van der Waals surface area contributed by atoms with Crippen LogP contribution in [-0.2, 0) is 6.42 Å². The summed E-state index contributed by atoms with van der Waals surface area (Å²) in [5, 5.41) is 2.77. The third kappa shape index (κ3) is 2.30. The summed E-state index contributed by atoms with van der Waals surface area (Å²) in [6, 6.07) is 7.20. The summed E-state index contributed by atoms with van der Waals surface area (Å²) in [6.07, 6.45) is 2.39. The summed E-state index contributed by atoms with van der Waals surface area (Å²) in [7, 11) is 0. The van der Waals surface area contributed by atoms with Crippen LogP contribution in [-0.4, -0.2) is 17.5 Å². The van der Waals surface area contributed by atoms with E-state index in [-0.39, 0.29) is 5.91 Å². The van der Waals surface area contributed by atoms with Crippen LogP contribution in [0.1, 0.15) is 21.5 Å². The highest BCUT2D eigenvalue weighted by molar-refractivity contribution is 6.04. The molecule has 1 aromatic heterocycles. The minimum absolute atomic E-state index is 0.184. The first-order valence-corrected chi connectivity index (χ1v) is 6.43. The number of rotatable bonds is 2. The van der Waals surface area contributed by atoms with Gasteiger partial charge in [-0.25, -0.2) is 4.98 Å². The number of carbonyl (C=O) groups excluding carboxylic acids is 1. The molecular weight excluding hydrogens is 254 g/mol. The lowest BCUT2D eigenvalue weighted by atomic mass is 10.1. The van der Waals surface area contributed by atoms with E-state index in [9.17, 15) is 4.79 Å². The van der Waals surface area contributed by atoms with Gasteiger partial charge in [-0.2, -0.15) is 0 Å². The highest BCUT2D eigenvalue weighted by Gasteiger charge is 2.15. The molecule has 0 spiro atoms. The molecule has 0 radical (unpaired) electrons. The summed E-state index contributed by atoms with van der Waals surface area (Å²) in [5.74, 6) is 1.18. The second-order valence-electron chi connectivity index (χ2n) is 4.80. The molecule has 0 saturated heterocycles. The van der Waals surface area contributed by atoms with Gasteiger partial charge in [0.1, 0.15) is 11.6 Å². The maximum absolute atomic E-state index is 12.2. The standard InChI is InChI=1S/C15H15N3O2/c1-9-6-14(17-8-12(9)16)18-15(19)11-2-3-13-10(7-11)4-5-20-13/h2-3,6-8H,4-5,16H2,1H3,(H,17,18,19). The van der Waals surface area contributed by atoms with Gasteiger partial charge in [-0.1, -0.05) is 0 Å². The molecule has 0 aliphatic carbocycles. The number of fused-ring (bicyclic) bond motifs is 1. The van der Waals surface area contributed by atoms with Gasteiger partial charge in [0.2, 0.25) is 0 Å². The van der Waals surface area contributed by atoms with E-state index in [1.807, 2.05) is 19.1 Å². The molecule has 20 heavy (non-hydrogen) atoms. The number of ether oxygens (including phenoxy) is 1. The minimum atomic E-state index is -0.184. The van der Waals surface area contributed by atoms with Crippen molar-refractivity contribution in [2.75, 3.05) is 17.7 Å². The van der Waals surface area contributed by atoms with Crippen molar-refractivity contribution < 1.29 is 9.53 Å². The molecule has 1 amide bonds. The Morgan fingerprint density at radius 3 is 3.05 bits per heavy atom. The predicted molar refractivity (Wildman–Crippen MR) is 77.0 cm³/mol. The van der Waals surface area contributed by atoms with Crippen LogP contribution < -0.4 is 15.8 Å². The molecule has 5 nitrogen and oxygen atoms in total. The summed E-state index contributed by atoms with van der Waals surface area (Å²) < 4.78 is 5.42. The van der Waals surface area contributed by atoms with Crippen molar-refractivity contribution in [1.29, 1.82) is 0 Å². The number of nitrogen functional groups attached to an aromatic ring is 1. The molecule has 1 aliphatic rings. The van der Waals surface area contributed by atoms with Gasteiger partial charge in [0.05, 0.1) is 18.5 Å². The maximum atomic E-state index is 12.2. The minimum Gasteiger partial charge on any atom is -0.493 e. The van der Waals surface area contributed by atoms with E-state index in [1.165, 1.54) is 0 Å². The van der Waals surface area contributed by atoms with E-state index in [0.29, 0.717) is 23.7 Å². The number of hydrogen-bond acceptors (Lipinski definition) is 4. The van der Waals surface area contributed by atoms with Gasteiger partial charge in [-0.05, 0) is 42.3 Å². The lowest BCUT2D eigenvalue weighted by Crippen LogP contribution is -2.13. The van der Waals surface area contributed by atoms with Crippen LogP contribution in [0.5, 0.6) is 5.75 Å². The molecule has 5 heteroatoms. The average molecular weight is 269 g/mol. The van der Waals surface area contributed by atoms with Crippen LogP contribution >= 0.6 is 0 Å². The van der Waals surface area contributed by atoms with Crippen LogP contribution in [0.25, 0.3) is 0 Å². The Labute approximate surface area is 116 Å². The molecule has 3 N–H and O–H groups in total. The molecule has 0 fully saturated rings. The van der Waals surface area contributed by atoms with E-state index in [4.69, 9.17) is 10.5 Å². The Morgan fingerprint density at radius 2 is 2.25 bits per heavy atom. The lowest BCUT2D eigenvalue weighted by molar-refractivity contribution is 0.102. The van der Waals surface area contributed by atoms with Crippen LogP contribution in [0.2, 0.25) is 0 Å². The summed E-state index contributed by atoms with van der Waals surface area (Å²) in [6.45, 7) is 2.55. The van der Waals surface area contributed by atoms with Gasteiger partial charge < -0.3 is 15.8 Å². The highest BCUT2D eigenvalue weighted by Crippen LogP contribution is 2.26. The maximum Gasteiger partial charge on any atom is 0.256 e. The van der Waals surface area contributed by atoms with Gasteiger partial charge >= 0.3 is 0 Å². The van der Waals surface area contributed by atoms with Gasteiger partial charge in [-0.15, -0.1) is 0 Å². The molecule has 0 bridgehead atoms. The zero-order valence-corrected chi connectivity index (χ0v) is 11.1. The smallest absolute Gasteiger partial charge is 0.256 e. The van der Waals surface area contributed by atoms with Crippen molar-refractivity contribution in [3.05, 3.63) is 47.2 Å². The topological polar surface area (TPSA) is 77.2 Å². The Morgan fingerprint density at radius 1 is 1.40 bits per heavy atom. The van der Waals surface area contributed by atoms with Crippen LogP contribution in [0.3, 0.4) is 0 Å². The molecule has 2 heterocycles. The van der Waals surface area contributed by atoms with Crippen LogP contribution in [0.4, 0.5) is 11.5 Å². The second-order valence-corrected chi connectivity index (χ2v) is 4.80.